The molecule has 98 valence electrons. The van der Waals surface area contributed by atoms with E-state index in [4.69, 9.17) is 0 Å². The molecule has 2 aromatic carbocycles. The monoisotopic (exact) mass is 276 g/mol. The molecule has 0 aromatic heterocycles. The maximum Gasteiger partial charge on any atom is 0.337 e. The van der Waals surface area contributed by atoms with Gasteiger partial charge >= 0.3 is 5.97 Å². The van der Waals surface area contributed by atoms with Crippen molar-refractivity contribution in [1.29, 1.82) is 0 Å². The molecule has 4 heteroatoms. The number of ether oxygens (including phenoxy) is 1. The Bertz CT molecular complexity index is 549. The van der Waals surface area contributed by atoms with Crippen molar-refractivity contribution in [3.05, 3.63) is 65.5 Å². The standard InChI is InChI=1S/C15H13FO2S/c1-18-15(17)12-4-2-11(3-5-12)10-19-14-8-6-13(16)7-9-14/h2-9H,10H2,1H3. The third kappa shape index (κ3) is 3.83. The molecule has 2 nitrogen and oxygen atoms in total. The fourth-order valence-electron chi connectivity index (χ4n) is 1.55. The zero-order valence-corrected chi connectivity index (χ0v) is 11.2. The van der Waals surface area contributed by atoms with Gasteiger partial charge in [0.25, 0.3) is 0 Å². The van der Waals surface area contributed by atoms with E-state index in [0.29, 0.717) is 5.56 Å². The van der Waals surface area contributed by atoms with E-state index in [9.17, 15) is 9.18 Å². The number of hydrogen-bond acceptors (Lipinski definition) is 3. The van der Waals surface area contributed by atoms with Crippen LogP contribution in [0.4, 0.5) is 4.39 Å². The molecule has 0 heterocycles. The fourth-order valence-corrected chi connectivity index (χ4v) is 2.41. The molecule has 0 aliphatic rings. The molecule has 0 saturated carbocycles. The van der Waals surface area contributed by atoms with E-state index >= 15 is 0 Å². The second-order valence-electron chi connectivity index (χ2n) is 3.93. The number of benzene rings is 2. The number of methoxy groups -OCH3 is 1. The van der Waals surface area contributed by atoms with Crippen molar-refractivity contribution in [1.82, 2.24) is 0 Å². The zero-order valence-electron chi connectivity index (χ0n) is 10.4. The van der Waals surface area contributed by atoms with Gasteiger partial charge in [0.2, 0.25) is 0 Å². The lowest BCUT2D eigenvalue weighted by Crippen LogP contribution is -2.00. The van der Waals surface area contributed by atoms with Crippen molar-refractivity contribution in [3.63, 3.8) is 0 Å². The lowest BCUT2D eigenvalue weighted by atomic mass is 10.1. The van der Waals surface area contributed by atoms with Gasteiger partial charge in [0.1, 0.15) is 5.82 Å². The number of halogens is 1. The SMILES string of the molecule is COC(=O)c1ccc(CSc2ccc(F)cc2)cc1. The molecule has 0 fully saturated rings. The summed E-state index contributed by atoms with van der Waals surface area (Å²) in [6.45, 7) is 0. The average molecular weight is 276 g/mol. The lowest BCUT2D eigenvalue weighted by Gasteiger charge is -2.03. The van der Waals surface area contributed by atoms with E-state index in [1.165, 1.54) is 19.2 Å². The van der Waals surface area contributed by atoms with Gasteiger partial charge in [0.05, 0.1) is 12.7 Å². The maximum absolute atomic E-state index is 12.8. The number of carbonyl (C=O) groups is 1. The van der Waals surface area contributed by atoms with Crippen LogP contribution in [0.3, 0.4) is 0 Å². The second kappa shape index (κ2) is 6.38. The number of esters is 1. The molecule has 0 aliphatic heterocycles. The van der Waals surface area contributed by atoms with Crippen molar-refractivity contribution in [2.24, 2.45) is 0 Å². The Hall–Kier alpha value is -1.81. The summed E-state index contributed by atoms with van der Waals surface area (Å²) >= 11 is 1.62. The minimum absolute atomic E-state index is 0.230. The Labute approximate surface area is 115 Å². The Balaban J connectivity index is 1.96. The van der Waals surface area contributed by atoms with Crippen molar-refractivity contribution >= 4 is 17.7 Å². The highest BCUT2D eigenvalue weighted by molar-refractivity contribution is 7.98. The summed E-state index contributed by atoms with van der Waals surface area (Å²) in [6.07, 6.45) is 0. The molecular weight excluding hydrogens is 263 g/mol. The highest BCUT2D eigenvalue weighted by Crippen LogP contribution is 2.23. The largest absolute Gasteiger partial charge is 0.465 e. The van der Waals surface area contributed by atoms with Crippen LogP contribution in [0.5, 0.6) is 0 Å². The number of hydrogen-bond donors (Lipinski definition) is 0. The van der Waals surface area contributed by atoms with Gasteiger partial charge in [-0.15, -0.1) is 11.8 Å². The van der Waals surface area contributed by atoms with Crippen molar-refractivity contribution in [3.8, 4) is 0 Å². The first kappa shape index (κ1) is 13.6. The Morgan fingerprint density at radius 3 is 2.32 bits per heavy atom. The lowest BCUT2D eigenvalue weighted by molar-refractivity contribution is 0.0600. The molecule has 0 unspecified atom stereocenters. The van der Waals surface area contributed by atoms with Crippen LogP contribution in [-0.4, -0.2) is 13.1 Å². The van der Waals surface area contributed by atoms with Gasteiger partial charge in [-0.25, -0.2) is 9.18 Å². The van der Waals surface area contributed by atoms with Crippen LogP contribution < -0.4 is 0 Å². The van der Waals surface area contributed by atoms with Gasteiger partial charge in [-0.3, -0.25) is 0 Å². The van der Waals surface area contributed by atoms with E-state index in [1.807, 2.05) is 12.1 Å². The molecule has 2 rings (SSSR count). The predicted octanol–water partition coefficient (Wildman–Crippen LogP) is 3.90. The van der Waals surface area contributed by atoms with E-state index in [0.717, 1.165) is 16.2 Å². The van der Waals surface area contributed by atoms with Crippen LogP contribution in [0.2, 0.25) is 0 Å². The van der Waals surface area contributed by atoms with Crippen LogP contribution in [0.15, 0.2) is 53.4 Å². The van der Waals surface area contributed by atoms with Crippen LogP contribution in [0.25, 0.3) is 0 Å². The molecule has 0 radical (unpaired) electrons. The summed E-state index contributed by atoms with van der Waals surface area (Å²) in [6, 6.07) is 13.7. The molecule has 0 aliphatic carbocycles. The molecule has 0 saturated heterocycles. The molecule has 2 aromatic rings. The van der Waals surface area contributed by atoms with Gasteiger partial charge in [0.15, 0.2) is 0 Å². The maximum atomic E-state index is 12.8. The van der Waals surface area contributed by atoms with Gasteiger partial charge in [-0.1, -0.05) is 12.1 Å². The summed E-state index contributed by atoms with van der Waals surface area (Å²) in [4.78, 5) is 12.3. The predicted molar refractivity (Wildman–Crippen MR) is 73.7 cm³/mol. The zero-order chi connectivity index (χ0) is 13.7. The first-order valence-corrected chi connectivity index (χ1v) is 6.73. The summed E-state index contributed by atoms with van der Waals surface area (Å²) in [7, 11) is 1.36. The van der Waals surface area contributed by atoms with E-state index in [1.54, 1.807) is 36.0 Å². The molecule has 0 bridgehead atoms. The van der Waals surface area contributed by atoms with Gasteiger partial charge in [-0.2, -0.15) is 0 Å². The molecule has 0 N–H and O–H groups in total. The quantitative estimate of drug-likeness (QED) is 0.625. The average Bonchev–Trinajstić information content (AvgIpc) is 2.46. The first-order valence-electron chi connectivity index (χ1n) is 5.74. The molecule has 19 heavy (non-hydrogen) atoms. The third-order valence-corrected chi connectivity index (χ3v) is 3.68. The van der Waals surface area contributed by atoms with Crippen molar-refractivity contribution < 1.29 is 13.9 Å². The fraction of sp³-hybridized carbons (Fsp3) is 0.133. The Morgan fingerprint density at radius 2 is 1.74 bits per heavy atom. The summed E-state index contributed by atoms with van der Waals surface area (Å²) in [5, 5.41) is 0. The van der Waals surface area contributed by atoms with E-state index < -0.39 is 0 Å². The van der Waals surface area contributed by atoms with Gasteiger partial charge in [-0.05, 0) is 42.0 Å². The molecule has 0 amide bonds. The summed E-state index contributed by atoms with van der Waals surface area (Å²) in [5.41, 5.74) is 1.64. The van der Waals surface area contributed by atoms with Crippen LogP contribution >= 0.6 is 11.8 Å². The summed E-state index contributed by atoms with van der Waals surface area (Å²) < 4.78 is 17.4. The Kier molecular flexibility index (Phi) is 4.58. The normalized spacial score (nSPS) is 10.2. The smallest absolute Gasteiger partial charge is 0.337 e. The number of rotatable bonds is 4. The molecule has 0 atom stereocenters. The number of carbonyl (C=O) groups excluding carboxylic acids is 1. The van der Waals surface area contributed by atoms with E-state index in [2.05, 4.69) is 4.74 Å². The Morgan fingerprint density at radius 1 is 1.11 bits per heavy atom. The molecular formula is C15H13FO2S. The van der Waals surface area contributed by atoms with Gasteiger partial charge < -0.3 is 4.74 Å². The summed E-state index contributed by atoms with van der Waals surface area (Å²) in [5.74, 6) is 0.206. The van der Waals surface area contributed by atoms with Crippen molar-refractivity contribution in [2.45, 2.75) is 10.6 Å². The van der Waals surface area contributed by atoms with Crippen LogP contribution in [-0.2, 0) is 10.5 Å². The topological polar surface area (TPSA) is 26.3 Å². The minimum Gasteiger partial charge on any atom is -0.465 e. The first-order chi connectivity index (χ1) is 9.19. The van der Waals surface area contributed by atoms with Crippen LogP contribution in [0.1, 0.15) is 15.9 Å². The molecule has 0 spiro atoms. The van der Waals surface area contributed by atoms with E-state index in [-0.39, 0.29) is 11.8 Å². The van der Waals surface area contributed by atoms with Crippen LogP contribution in [0, 0.1) is 5.82 Å². The van der Waals surface area contributed by atoms with Crippen molar-refractivity contribution in [2.75, 3.05) is 7.11 Å². The highest BCUT2D eigenvalue weighted by Gasteiger charge is 2.04. The highest BCUT2D eigenvalue weighted by atomic mass is 32.2. The van der Waals surface area contributed by atoms with Gasteiger partial charge in [0, 0.05) is 10.6 Å². The second-order valence-corrected chi connectivity index (χ2v) is 4.98. The third-order valence-electron chi connectivity index (χ3n) is 2.59. The minimum atomic E-state index is -0.335. The number of thioether (sulfide) groups is 1.